The SMILES string of the molecule is CC(C)NC(O)COc1cccc(-c2nc(CCc3ccc4[nH]ncc4c3)c3ccccc3n2)c1. The predicted octanol–water partition coefficient (Wildman–Crippen LogP) is 4.65. The lowest BCUT2D eigenvalue weighted by Gasteiger charge is -2.16. The molecule has 2 heterocycles. The Kier molecular flexibility index (Phi) is 6.70. The first-order valence-electron chi connectivity index (χ1n) is 11.9. The zero-order valence-electron chi connectivity index (χ0n) is 19.9. The van der Waals surface area contributed by atoms with E-state index < -0.39 is 6.23 Å². The fourth-order valence-electron chi connectivity index (χ4n) is 4.21. The molecule has 0 amide bonds. The van der Waals surface area contributed by atoms with Gasteiger partial charge in [-0.3, -0.25) is 10.4 Å². The van der Waals surface area contributed by atoms with Gasteiger partial charge in [0.1, 0.15) is 18.6 Å². The van der Waals surface area contributed by atoms with Crippen LogP contribution in [0.15, 0.2) is 72.9 Å². The monoisotopic (exact) mass is 467 g/mol. The normalized spacial score (nSPS) is 12.5. The standard InChI is InChI=1S/C28H29N5O2/c1-18(2)30-27(34)17-35-22-7-5-6-20(15-22)28-31-25-9-4-3-8-23(25)26(32-28)13-11-19-10-12-24-21(14-19)16-29-33-24/h3-10,12,14-16,18,27,30,34H,11,13,17H2,1-2H3,(H,29,33). The molecule has 0 radical (unpaired) electrons. The molecule has 178 valence electrons. The lowest BCUT2D eigenvalue weighted by molar-refractivity contribution is 0.0719. The highest BCUT2D eigenvalue weighted by atomic mass is 16.5. The van der Waals surface area contributed by atoms with Gasteiger partial charge >= 0.3 is 0 Å². The summed E-state index contributed by atoms with van der Waals surface area (Å²) >= 11 is 0. The highest BCUT2D eigenvalue weighted by molar-refractivity contribution is 5.83. The van der Waals surface area contributed by atoms with Crippen molar-refractivity contribution in [2.24, 2.45) is 0 Å². The van der Waals surface area contributed by atoms with Crippen LogP contribution in [0.5, 0.6) is 5.75 Å². The molecule has 0 saturated heterocycles. The molecule has 0 saturated carbocycles. The highest BCUT2D eigenvalue weighted by Crippen LogP contribution is 2.26. The Bertz CT molecular complexity index is 1450. The second-order valence-corrected chi connectivity index (χ2v) is 8.98. The Morgan fingerprint density at radius 2 is 1.86 bits per heavy atom. The van der Waals surface area contributed by atoms with Crippen LogP contribution in [0.1, 0.15) is 25.1 Å². The molecule has 0 aliphatic rings. The summed E-state index contributed by atoms with van der Waals surface area (Å²) in [6.45, 7) is 4.12. The minimum Gasteiger partial charge on any atom is -0.489 e. The van der Waals surface area contributed by atoms with Crippen LogP contribution in [0.3, 0.4) is 0 Å². The van der Waals surface area contributed by atoms with Crippen molar-refractivity contribution in [1.29, 1.82) is 0 Å². The molecule has 0 bridgehead atoms. The number of hydrogen-bond acceptors (Lipinski definition) is 6. The average molecular weight is 468 g/mol. The fraction of sp³-hybridized carbons (Fsp3) is 0.250. The third kappa shape index (κ3) is 5.48. The molecular weight excluding hydrogens is 438 g/mol. The summed E-state index contributed by atoms with van der Waals surface area (Å²) < 4.78 is 5.81. The van der Waals surface area contributed by atoms with Crippen LogP contribution in [0.2, 0.25) is 0 Å². The molecular formula is C28H29N5O2. The Morgan fingerprint density at radius 3 is 2.74 bits per heavy atom. The van der Waals surface area contributed by atoms with Crippen LogP contribution in [0.4, 0.5) is 0 Å². The molecule has 35 heavy (non-hydrogen) atoms. The number of hydrogen-bond donors (Lipinski definition) is 3. The highest BCUT2D eigenvalue weighted by Gasteiger charge is 2.12. The average Bonchev–Trinajstić information content (AvgIpc) is 3.34. The molecule has 3 N–H and O–H groups in total. The minimum absolute atomic E-state index is 0.159. The van der Waals surface area contributed by atoms with E-state index in [-0.39, 0.29) is 12.6 Å². The van der Waals surface area contributed by atoms with E-state index in [0.29, 0.717) is 11.6 Å². The summed E-state index contributed by atoms with van der Waals surface area (Å²) in [7, 11) is 0. The van der Waals surface area contributed by atoms with Crippen LogP contribution in [-0.4, -0.2) is 44.1 Å². The van der Waals surface area contributed by atoms with E-state index in [1.165, 1.54) is 5.56 Å². The Labute approximate surface area is 204 Å². The second kappa shape index (κ2) is 10.2. The maximum atomic E-state index is 10.1. The number of aliphatic hydroxyl groups excluding tert-OH is 1. The number of benzene rings is 3. The number of aliphatic hydroxyl groups is 1. The summed E-state index contributed by atoms with van der Waals surface area (Å²) in [4.78, 5) is 9.80. The summed E-state index contributed by atoms with van der Waals surface area (Å²) in [5.41, 5.74) is 5.09. The van der Waals surface area contributed by atoms with Gasteiger partial charge in [0.05, 0.1) is 22.9 Å². The molecule has 2 aromatic heterocycles. The maximum Gasteiger partial charge on any atom is 0.160 e. The van der Waals surface area contributed by atoms with Gasteiger partial charge in [-0.15, -0.1) is 0 Å². The molecule has 7 heteroatoms. The van der Waals surface area contributed by atoms with Crippen molar-refractivity contribution in [3.63, 3.8) is 0 Å². The molecule has 1 atom stereocenters. The third-order valence-electron chi connectivity index (χ3n) is 5.86. The van der Waals surface area contributed by atoms with E-state index in [2.05, 4.69) is 39.8 Å². The molecule has 0 aliphatic heterocycles. The van der Waals surface area contributed by atoms with Gasteiger partial charge in [-0.1, -0.05) is 36.4 Å². The van der Waals surface area contributed by atoms with Crippen LogP contribution < -0.4 is 10.1 Å². The van der Waals surface area contributed by atoms with Crippen molar-refractivity contribution in [3.05, 3.63) is 84.2 Å². The first-order valence-corrected chi connectivity index (χ1v) is 11.9. The molecule has 5 aromatic rings. The van der Waals surface area contributed by atoms with E-state index in [4.69, 9.17) is 14.7 Å². The first kappa shape index (κ1) is 23.0. The van der Waals surface area contributed by atoms with Crippen LogP contribution in [0, 0.1) is 0 Å². The van der Waals surface area contributed by atoms with Crippen molar-refractivity contribution in [1.82, 2.24) is 25.5 Å². The Morgan fingerprint density at radius 1 is 0.971 bits per heavy atom. The molecule has 1 unspecified atom stereocenters. The Balaban J connectivity index is 1.40. The summed E-state index contributed by atoms with van der Waals surface area (Å²) in [6, 6.07) is 22.4. The van der Waals surface area contributed by atoms with Gasteiger partial charge in [-0.05, 0) is 62.6 Å². The molecule has 0 spiro atoms. The van der Waals surface area contributed by atoms with Crippen LogP contribution in [0.25, 0.3) is 33.2 Å². The third-order valence-corrected chi connectivity index (χ3v) is 5.86. The van der Waals surface area contributed by atoms with Crippen molar-refractivity contribution in [2.45, 2.75) is 39.0 Å². The zero-order chi connectivity index (χ0) is 24.2. The van der Waals surface area contributed by atoms with Gasteiger partial charge < -0.3 is 9.84 Å². The summed E-state index contributed by atoms with van der Waals surface area (Å²) in [6.07, 6.45) is 2.78. The van der Waals surface area contributed by atoms with Crippen molar-refractivity contribution in [3.8, 4) is 17.1 Å². The largest absolute Gasteiger partial charge is 0.489 e. The maximum absolute atomic E-state index is 10.1. The van der Waals surface area contributed by atoms with E-state index in [0.717, 1.165) is 45.9 Å². The molecule has 0 aliphatic carbocycles. The number of ether oxygens (including phenoxy) is 1. The van der Waals surface area contributed by atoms with Gasteiger partial charge in [0.25, 0.3) is 0 Å². The quantitative estimate of drug-likeness (QED) is 0.273. The zero-order valence-corrected chi connectivity index (χ0v) is 19.9. The predicted molar refractivity (Wildman–Crippen MR) is 138 cm³/mol. The number of rotatable bonds is 9. The lowest BCUT2D eigenvalue weighted by Crippen LogP contribution is -2.38. The minimum atomic E-state index is -0.733. The van der Waals surface area contributed by atoms with E-state index in [1.54, 1.807) is 0 Å². The molecule has 5 rings (SSSR count). The molecule has 3 aromatic carbocycles. The Hall–Kier alpha value is -3.81. The fourth-order valence-corrected chi connectivity index (χ4v) is 4.21. The van der Waals surface area contributed by atoms with Crippen molar-refractivity contribution in [2.75, 3.05) is 6.61 Å². The number of nitrogens with one attached hydrogen (secondary N) is 2. The summed E-state index contributed by atoms with van der Waals surface area (Å²) in [5.74, 6) is 1.33. The first-order chi connectivity index (χ1) is 17.0. The topological polar surface area (TPSA) is 95.9 Å². The number of aryl methyl sites for hydroxylation is 2. The van der Waals surface area contributed by atoms with Crippen molar-refractivity contribution >= 4 is 21.8 Å². The number of aromatic amines is 1. The second-order valence-electron chi connectivity index (χ2n) is 8.98. The summed E-state index contributed by atoms with van der Waals surface area (Å²) in [5, 5.41) is 22.4. The van der Waals surface area contributed by atoms with Gasteiger partial charge in [0.15, 0.2) is 5.82 Å². The van der Waals surface area contributed by atoms with E-state index >= 15 is 0 Å². The van der Waals surface area contributed by atoms with Gasteiger partial charge in [-0.25, -0.2) is 9.97 Å². The smallest absolute Gasteiger partial charge is 0.160 e. The number of H-pyrrole nitrogens is 1. The van der Waals surface area contributed by atoms with E-state index in [1.807, 2.05) is 62.5 Å². The van der Waals surface area contributed by atoms with Crippen LogP contribution in [-0.2, 0) is 12.8 Å². The van der Waals surface area contributed by atoms with Crippen LogP contribution >= 0.6 is 0 Å². The van der Waals surface area contributed by atoms with Gasteiger partial charge in [0.2, 0.25) is 0 Å². The molecule has 7 nitrogen and oxygen atoms in total. The number of para-hydroxylation sites is 1. The number of fused-ring (bicyclic) bond motifs is 2. The van der Waals surface area contributed by atoms with Crippen molar-refractivity contribution < 1.29 is 9.84 Å². The lowest BCUT2D eigenvalue weighted by atomic mass is 10.0. The number of aromatic nitrogens is 4. The van der Waals surface area contributed by atoms with E-state index in [9.17, 15) is 5.11 Å². The van der Waals surface area contributed by atoms with Gasteiger partial charge in [0, 0.05) is 22.4 Å². The number of nitrogens with zero attached hydrogens (tertiary/aromatic N) is 3. The molecule has 0 fully saturated rings. The van der Waals surface area contributed by atoms with Gasteiger partial charge in [-0.2, -0.15) is 5.10 Å².